The third-order valence-electron chi connectivity index (χ3n) is 5.85. The predicted molar refractivity (Wildman–Crippen MR) is 127 cm³/mol. The summed E-state index contributed by atoms with van der Waals surface area (Å²) in [5.74, 6) is -1.84. The van der Waals surface area contributed by atoms with E-state index in [4.69, 9.17) is 5.73 Å². The summed E-state index contributed by atoms with van der Waals surface area (Å²) in [6.07, 6.45) is -0.00859. The normalized spacial score (nSPS) is 15.8. The number of phenolic OH excluding ortho intramolecular Hbond substituents is 1. The van der Waals surface area contributed by atoms with Gasteiger partial charge in [-0.2, -0.15) is 0 Å². The van der Waals surface area contributed by atoms with E-state index >= 15 is 0 Å². The molecule has 3 aromatic rings. The van der Waals surface area contributed by atoms with Crippen molar-refractivity contribution in [1.82, 2.24) is 5.32 Å². The van der Waals surface area contributed by atoms with Crippen molar-refractivity contribution >= 4 is 29.1 Å². The maximum Gasteiger partial charge on any atom is 0.256 e. The first-order valence-electron chi connectivity index (χ1n) is 10.7. The lowest BCUT2D eigenvalue weighted by Gasteiger charge is -2.26. The van der Waals surface area contributed by atoms with Crippen LogP contribution in [-0.4, -0.2) is 28.9 Å². The molecule has 2 atom stereocenters. The summed E-state index contributed by atoms with van der Waals surface area (Å²) in [7, 11) is 0. The number of aromatic hydroxyl groups is 1. The first-order valence-corrected chi connectivity index (χ1v) is 10.7. The highest BCUT2D eigenvalue weighted by Gasteiger charge is 2.37. The summed E-state index contributed by atoms with van der Waals surface area (Å²) in [4.78, 5) is 40.6. The molecule has 4 rings (SSSR count). The number of nitrogens with two attached hydrogens (primary N) is 1. The van der Waals surface area contributed by atoms with E-state index in [0.717, 1.165) is 16.0 Å². The Balaban J connectivity index is 1.65. The number of rotatable bonds is 4. The van der Waals surface area contributed by atoms with Crippen molar-refractivity contribution in [2.24, 2.45) is 0 Å². The minimum atomic E-state index is -0.957. The number of nitrogens with zero attached hydrogens (tertiary/aromatic N) is 1. The zero-order valence-electron chi connectivity index (χ0n) is 18.4. The molecule has 0 radical (unpaired) electrons. The summed E-state index contributed by atoms with van der Waals surface area (Å²) >= 11 is 0. The molecule has 168 valence electrons. The Hall–Kier alpha value is -4.13. The van der Waals surface area contributed by atoms with Crippen molar-refractivity contribution in [3.63, 3.8) is 0 Å². The number of amides is 3. The predicted octanol–water partition coefficient (Wildman–Crippen LogP) is 3.37. The fourth-order valence-electron chi connectivity index (χ4n) is 4.21. The highest BCUT2D eigenvalue weighted by atomic mass is 16.3. The van der Waals surface area contributed by atoms with Crippen molar-refractivity contribution in [1.29, 1.82) is 0 Å². The smallest absolute Gasteiger partial charge is 0.256 e. The van der Waals surface area contributed by atoms with Crippen LogP contribution in [0.25, 0.3) is 11.1 Å². The fraction of sp³-hybridized carbons (Fsp3) is 0.192. The molecule has 1 aliphatic heterocycles. The Bertz CT molecular complexity index is 1250. The Kier molecular flexibility index (Phi) is 5.87. The SMILES string of the molecule is CC1C(=O)N(C(=O)[C@H](C)NC(=O)Cc2cccc(O)c2)c2cccc(N)c2-c2ccccc21. The second kappa shape index (κ2) is 8.78. The van der Waals surface area contributed by atoms with Gasteiger partial charge in [0.2, 0.25) is 11.8 Å². The van der Waals surface area contributed by atoms with Gasteiger partial charge in [-0.3, -0.25) is 14.4 Å². The van der Waals surface area contributed by atoms with Gasteiger partial charge in [0.25, 0.3) is 5.91 Å². The topological polar surface area (TPSA) is 113 Å². The Morgan fingerprint density at radius 1 is 1.09 bits per heavy atom. The maximum atomic E-state index is 13.5. The number of hydrogen-bond acceptors (Lipinski definition) is 5. The van der Waals surface area contributed by atoms with Gasteiger partial charge in [-0.15, -0.1) is 0 Å². The van der Waals surface area contributed by atoms with Crippen LogP contribution in [0.2, 0.25) is 0 Å². The first-order chi connectivity index (χ1) is 15.8. The van der Waals surface area contributed by atoms with E-state index in [0.29, 0.717) is 22.5 Å². The van der Waals surface area contributed by atoms with Crippen LogP contribution in [0.3, 0.4) is 0 Å². The lowest BCUT2D eigenvalue weighted by atomic mass is 9.92. The number of anilines is 2. The molecule has 0 saturated heterocycles. The molecular formula is C26H25N3O4. The fourth-order valence-corrected chi connectivity index (χ4v) is 4.21. The van der Waals surface area contributed by atoms with Crippen LogP contribution in [0.1, 0.15) is 30.9 Å². The molecular weight excluding hydrogens is 418 g/mol. The number of nitrogen functional groups attached to an aromatic ring is 1. The lowest BCUT2D eigenvalue weighted by molar-refractivity contribution is -0.131. The van der Waals surface area contributed by atoms with E-state index in [2.05, 4.69) is 5.32 Å². The van der Waals surface area contributed by atoms with Crippen LogP contribution in [0.4, 0.5) is 11.4 Å². The summed E-state index contributed by atoms with van der Waals surface area (Å²) in [5.41, 5.74) is 9.98. The molecule has 0 aromatic heterocycles. The van der Waals surface area contributed by atoms with Crippen molar-refractivity contribution in [2.75, 3.05) is 10.6 Å². The van der Waals surface area contributed by atoms with Crippen LogP contribution in [0.5, 0.6) is 5.75 Å². The van der Waals surface area contributed by atoms with E-state index in [9.17, 15) is 19.5 Å². The number of benzene rings is 3. The van der Waals surface area contributed by atoms with Crippen LogP contribution < -0.4 is 16.0 Å². The molecule has 0 saturated carbocycles. The molecule has 4 N–H and O–H groups in total. The van der Waals surface area contributed by atoms with Crippen LogP contribution in [0.15, 0.2) is 66.7 Å². The Labute approximate surface area is 191 Å². The maximum absolute atomic E-state index is 13.5. The molecule has 33 heavy (non-hydrogen) atoms. The average Bonchev–Trinajstić information content (AvgIpc) is 2.87. The van der Waals surface area contributed by atoms with Gasteiger partial charge in [-0.1, -0.05) is 42.5 Å². The van der Waals surface area contributed by atoms with E-state index in [1.165, 1.54) is 12.1 Å². The summed E-state index contributed by atoms with van der Waals surface area (Å²) in [6, 6.07) is 18.0. The zero-order valence-corrected chi connectivity index (χ0v) is 18.4. The van der Waals surface area contributed by atoms with E-state index in [-0.39, 0.29) is 18.1 Å². The molecule has 1 unspecified atom stereocenters. The second-order valence-electron chi connectivity index (χ2n) is 8.20. The van der Waals surface area contributed by atoms with Gasteiger partial charge in [0.15, 0.2) is 0 Å². The van der Waals surface area contributed by atoms with Gasteiger partial charge in [0.05, 0.1) is 18.0 Å². The molecule has 1 heterocycles. The van der Waals surface area contributed by atoms with Gasteiger partial charge >= 0.3 is 0 Å². The number of fused-ring (bicyclic) bond motifs is 3. The minimum Gasteiger partial charge on any atom is -0.508 e. The second-order valence-corrected chi connectivity index (χ2v) is 8.20. The molecule has 0 spiro atoms. The van der Waals surface area contributed by atoms with Gasteiger partial charge < -0.3 is 16.2 Å². The molecule has 3 amide bonds. The average molecular weight is 444 g/mol. The quantitative estimate of drug-likeness (QED) is 0.535. The van der Waals surface area contributed by atoms with E-state index in [1.807, 2.05) is 24.3 Å². The highest BCUT2D eigenvalue weighted by molar-refractivity contribution is 6.22. The van der Waals surface area contributed by atoms with E-state index < -0.39 is 23.8 Å². The van der Waals surface area contributed by atoms with Crippen molar-refractivity contribution in [3.05, 3.63) is 77.9 Å². The summed E-state index contributed by atoms with van der Waals surface area (Å²) in [6.45, 7) is 3.30. The minimum absolute atomic E-state index is 0.00859. The Morgan fingerprint density at radius 3 is 2.58 bits per heavy atom. The molecule has 0 aliphatic carbocycles. The number of carbonyl (C=O) groups is 3. The van der Waals surface area contributed by atoms with E-state index in [1.54, 1.807) is 44.2 Å². The van der Waals surface area contributed by atoms with Crippen LogP contribution >= 0.6 is 0 Å². The number of hydrogen-bond donors (Lipinski definition) is 3. The molecule has 7 nitrogen and oxygen atoms in total. The highest BCUT2D eigenvalue weighted by Crippen LogP contribution is 2.44. The van der Waals surface area contributed by atoms with Crippen molar-refractivity contribution in [3.8, 4) is 16.9 Å². The monoisotopic (exact) mass is 443 g/mol. The third-order valence-corrected chi connectivity index (χ3v) is 5.85. The number of carbonyl (C=O) groups excluding carboxylic acids is 3. The summed E-state index contributed by atoms with van der Waals surface area (Å²) < 4.78 is 0. The summed E-state index contributed by atoms with van der Waals surface area (Å²) in [5, 5.41) is 12.3. The van der Waals surface area contributed by atoms with Crippen LogP contribution in [0, 0.1) is 0 Å². The standard InChI is InChI=1S/C26H25N3O4/c1-15-19-9-3-4-10-20(19)24-21(27)11-6-12-22(24)29(25(15)32)26(33)16(2)28-23(31)14-17-7-5-8-18(30)13-17/h3-13,15-16,30H,14,27H2,1-2H3,(H,28,31)/t15?,16-/m0/s1. The van der Waals surface area contributed by atoms with Gasteiger partial charge in [-0.05, 0) is 54.8 Å². The van der Waals surface area contributed by atoms with Crippen LogP contribution in [-0.2, 0) is 20.8 Å². The zero-order chi connectivity index (χ0) is 23.7. The van der Waals surface area contributed by atoms with Gasteiger partial charge in [-0.25, -0.2) is 4.90 Å². The number of imide groups is 1. The largest absolute Gasteiger partial charge is 0.508 e. The van der Waals surface area contributed by atoms with Crippen molar-refractivity contribution in [2.45, 2.75) is 32.2 Å². The molecule has 0 fully saturated rings. The first kappa shape index (κ1) is 22.1. The molecule has 0 bridgehead atoms. The van der Waals surface area contributed by atoms with Gasteiger partial charge in [0, 0.05) is 11.3 Å². The molecule has 1 aliphatic rings. The third kappa shape index (κ3) is 4.17. The number of nitrogens with one attached hydrogen (secondary N) is 1. The Morgan fingerprint density at radius 2 is 1.82 bits per heavy atom. The molecule has 7 heteroatoms. The molecule has 3 aromatic carbocycles. The van der Waals surface area contributed by atoms with Gasteiger partial charge in [0.1, 0.15) is 11.8 Å². The van der Waals surface area contributed by atoms with Crippen molar-refractivity contribution < 1.29 is 19.5 Å². The number of phenols is 1. The lowest BCUT2D eigenvalue weighted by Crippen LogP contribution is -2.50.